The smallest absolute Gasteiger partial charge is 0.417 e. The normalized spacial score (nSPS) is 13.2. The zero-order valence-corrected chi connectivity index (χ0v) is 23.0. The summed E-state index contributed by atoms with van der Waals surface area (Å²) in [6, 6.07) is 7.84. The monoisotopic (exact) mass is 617 g/mol. The van der Waals surface area contributed by atoms with Crippen molar-refractivity contribution in [2.75, 3.05) is 13.2 Å². The van der Waals surface area contributed by atoms with Gasteiger partial charge in [0.1, 0.15) is 22.8 Å². The maximum Gasteiger partial charge on any atom is 0.417 e. The molecule has 44 heavy (non-hydrogen) atoms. The third-order valence-electron chi connectivity index (χ3n) is 6.86. The number of hydrogen-bond donors (Lipinski definition) is 2. The van der Waals surface area contributed by atoms with E-state index in [1.54, 1.807) is 6.92 Å². The van der Waals surface area contributed by atoms with Crippen LogP contribution in [0.25, 0.3) is 34.0 Å². The quantitative estimate of drug-likeness (QED) is 0.177. The van der Waals surface area contributed by atoms with Crippen molar-refractivity contribution in [2.45, 2.75) is 37.9 Å². The lowest BCUT2D eigenvalue weighted by molar-refractivity contribution is -0.147. The first-order valence-electron chi connectivity index (χ1n) is 13.3. The van der Waals surface area contributed by atoms with Crippen LogP contribution < -0.4 is 4.74 Å². The first-order chi connectivity index (χ1) is 21.0. The maximum atomic E-state index is 14.4. The fraction of sp³-hybridized carbons (Fsp3) is 0.276. The van der Waals surface area contributed by atoms with Crippen molar-refractivity contribution >= 4 is 5.97 Å². The molecular formula is C29H24F5N5O5. The average molecular weight is 618 g/mol. The van der Waals surface area contributed by atoms with Crippen LogP contribution in [-0.4, -0.2) is 54.3 Å². The number of aliphatic hydroxyl groups excluding tert-OH is 1. The predicted molar refractivity (Wildman–Crippen MR) is 144 cm³/mol. The molecule has 0 spiro atoms. The zero-order chi connectivity index (χ0) is 31.6. The Morgan fingerprint density at radius 3 is 2.52 bits per heavy atom. The average Bonchev–Trinajstić information content (AvgIpc) is 3.65. The Bertz CT molecular complexity index is 1770. The van der Waals surface area contributed by atoms with E-state index in [1.807, 2.05) is 0 Å². The van der Waals surface area contributed by atoms with Gasteiger partial charge in [-0.15, -0.1) is 0 Å². The fourth-order valence-corrected chi connectivity index (χ4v) is 4.71. The molecule has 0 bridgehead atoms. The SMILES string of the molecule is CCCOc1ccc(-c2cc(C(CCCO)(C(=O)O)n3cc4nc(-c5cccc(F)c5F)nc-4cn3)on2)c(C(F)(F)F)c1. The molecule has 230 valence electrons. The molecule has 0 saturated heterocycles. The van der Waals surface area contributed by atoms with Gasteiger partial charge in [-0.2, -0.15) is 18.3 Å². The molecular weight excluding hydrogens is 593 g/mol. The summed E-state index contributed by atoms with van der Waals surface area (Å²) >= 11 is 0. The highest BCUT2D eigenvalue weighted by Gasteiger charge is 2.47. The number of hydrogen-bond acceptors (Lipinski definition) is 8. The van der Waals surface area contributed by atoms with Gasteiger partial charge in [0, 0.05) is 18.2 Å². The highest BCUT2D eigenvalue weighted by atomic mass is 19.4. The molecule has 0 amide bonds. The van der Waals surface area contributed by atoms with Crippen LogP contribution in [0.2, 0.25) is 0 Å². The van der Waals surface area contributed by atoms with E-state index in [-0.39, 0.29) is 65.0 Å². The van der Waals surface area contributed by atoms with Crippen LogP contribution in [0.3, 0.4) is 0 Å². The minimum atomic E-state index is -4.81. The molecule has 10 nitrogen and oxygen atoms in total. The molecule has 2 aromatic carbocycles. The molecule has 0 aliphatic carbocycles. The third kappa shape index (κ3) is 5.57. The lowest BCUT2D eigenvalue weighted by atomic mass is 9.89. The van der Waals surface area contributed by atoms with Crippen LogP contribution in [-0.2, 0) is 16.5 Å². The van der Waals surface area contributed by atoms with Crippen molar-refractivity contribution in [1.82, 2.24) is 24.9 Å². The molecule has 1 aromatic heterocycles. The highest BCUT2D eigenvalue weighted by molar-refractivity contribution is 5.81. The number of fused-ring (bicyclic) bond motifs is 1. The number of alkyl halides is 3. The molecule has 2 aliphatic heterocycles. The Hall–Kier alpha value is -4.92. The van der Waals surface area contributed by atoms with Gasteiger partial charge in [-0.1, -0.05) is 18.1 Å². The molecule has 1 unspecified atom stereocenters. The van der Waals surface area contributed by atoms with Crippen LogP contribution >= 0.6 is 0 Å². The van der Waals surface area contributed by atoms with E-state index < -0.39 is 41.5 Å². The number of ether oxygens (including phenoxy) is 1. The number of aromatic nitrogens is 5. The van der Waals surface area contributed by atoms with Gasteiger partial charge in [0.05, 0.1) is 30.1 Å². The molecule has 2 aliphatic rings. The van der Waals surface area contributed by atoms with E-state index in [0.29, 0.717) is 6.42 Å². The minimum absolute atomic E-state index is 0.00386. The number of imidazole rings is 1. The molecule has 5 rings (SSSR count). The highest BCUT2D eigenvalue weighted by Crippen LogP contribution is 2.41. The number of benzene rings is 2. The van der Waals surface area contributed by atoms with Crippen molar-refractivity contribution < 1.29 is 46.2 Å². The van der Waals surface area contributed by atoms with Gasteiger partial charge in [0.2, 0.25) is 5.54 Å². The van der Waals surface area contributed by atoms with Crippen LogP contribution in [0, 0.1) is 11.6 Å². The zero-order valence-electron chi connectivity index (χ0n) is 23.0. The van der Waals surface area contributed by atoms with E-state index in [4.69, 9.17) is 9.26 Å². The second-order valence-electron chi connectivity index (χ2n) is 9.76. The molecule has 0 radical (unpaired) electrons. The summed E-state index contributed by atoms with van der Waals surface area (Å²) < 4.78 is 82.0. The van der Waals surface area contributed by atoms with Gasteiger partial charge in [-0.25, -0.2) is 28.2 Å². The summed E-state index contributed by atoms with van der Waals surface area (Å²) in [5, 5.41) is 28.0. The molecule has 2 N–H and O–H groups in total. The first-order valence-corrected chi connectivity index (χ1v) is 13.3. The van der Waals surface area contributed by atoms with Crippen LogP contribution in [0.15, 0.2) is 59.4 Å². The van der Waals surface area contributed by atoms with Crippen molar-refractivity contribution in [3.05, 3.63) is 77.8 Å². The van der Waals surface area contributed by atoms with Crippen molar-refractivity contribution in [1.29, 1.82) is 0 Å². The second-order valence-corrected chi connectivity index (χ2v) is 9.76. The van der Waals surface area contributed by atoms with Crippen LogP contribution in [0.5, 0.6) is 5.75 Å². The summed E-state index contributed by atoms with van der Waals surface area (Å²) in [5.41, 5.74) is -4.02. The summed E-state index contributed by atoms with van der Waals surface area (Å²) in [4.78, 5) is 21.3. The van der Waals surface area contributed by atoms with Crippen LogP contribution in [0.4, 0.5) is 22.0 Å². The summed E-state index contributed by atoms with van der Waals surface area (Å²) in [6.45, 7) is 1.58. The Balaban J connectivity index is 1.62. The molecule has 15 heteroatoms. The molecule has 1 atom stereocenters. The van der Waals surface area contributed by atoms with E-state index in [0.717, 1.165) is 35.1 Å². The topological polar surface area (TPSA) is 136 Å². The molecule has 3 aromatic rings. The molecule has 0 fully saturated rings. The Morgan fingerprint density at radius 2 is 1.82 bits per heavy atom. The second kappa shape index (κ2) is 12.0. The van der Waals surface area contributed by atoms with Gasteiger partial charge in [0.15, 0.2) is 23.2 Å². The number of carboxylic acid groups (broad SMARTS) is 1. The summed E-state index contributed by atoms with van der Waals surface area (Å²) in [5.74, 6) is -4.39. The maximum absolute atomic E-state index is 14.4. The van der Waals surface area contributed by atoms with Crippen LogP contribution in [0.1, 0.15) is 37.5 Å². The van der Waals surface area contributed by atoms with E-state index in [2.05, 4.69) is 20.2 Å². The third-order valence-corrected chi connectivity index (χ3v) is 6.86. The number of carbonyl (C=O) groups is 1. The van der Waals surface area contributed by atoms with E-state index >= 15 is 0 Å². The predicted octanol–water partition coefficient (Wildman–Crippen LogP) is 5.79. The number of carboxylic acids is 1. The van der Waals surface area contributed by atoms with E-state index in [1.165, 1.54) is 24.4 Å². The van der Waals surface area contributed by atoms with Crippen molar-refractivity contribution in [3.8, 4) is 39.8 Å². The van der Waals surface area contributed by atoms with Gasteiger partial charge < -0.3 is 19.5 Å². The number of halogens is 5. The van der Waals surface area contributed by atoms with Gasteiger partial charge >= 0.3 is 12.1 Å². The lowest BCUT2D eigenvalue weighted by Gasteiger charge is -2.28. The largest absolute Gasteiger partial charge is 0.494 e. The summed E-state index contributed by atoms with van der Waals surface area (Å²) in [7, 11) is 0. The Kier molecular flexibility index (Phi) is 8.32. The number of aliphatic carboxylic acids is 1. The molecule has 3 heterocycles. The Labute approximate surface area is 246 Å². The Morgan fingerprint density at radius 1 is 1.05 bits per heavy atom. The van der Waals surface area contributed by atoms with Gasteiger partial charge in [-0.3, -0.25) is 0 Å². The van der Waals surface area contributed by atoms with E-state index in [9.17, 15) is 37.0 Å². The number of rotatable bonds is 11. The van der Waals surface area contributed by atoms with Crippen molar-refractivity contribution in [2.24, 2.45) is 0 Å². The number of nitrogens with zero attached hydrogens (tertiary/aromatic N) is 5. The standard InChI is InChI=1S/C29H24F5N5O5/c1-2-11-43-16-7-8-17(19(12-16)29(32,33)34)21-13-24(44-38-21)28(27(41)42,9-4-10-40)39-15-23-22(14-35-39)36-26(37-23)18-5-3-6-20(30)25(18)31/h3,5-8,12-15,40H,2,4,9-11H2,1H3,(H,41,42). The van der Waals surface area contributed by atoms with Gasteiger partial charge in [-0.05, 0) is 49.6 Å². The number of aliphatic hydroxyl groups is 1. The lowest BCUT2D eigenvalue weighted by Crippen LogP contribution is -2.44. The fourth-order valence-electron chi connectivity index (χ4n) is 4.71. The molecule has 0 saturated carbocycles. The summed E-state index contributed by atoms with van der Waals surface area (Å²) in [6.07, 6.45) is -2.31. The van der Waals surface area contributed by atoms with Gasteiger partial charge in [0.25, 0.3) is 0 Å². The van der Waals surface area contributed by atoms with Crippen molar-refractivity contribution in [3.63, 3.8) is 0 Å². The minimum Gasteiger partial charge on any atom is -0.494 e. The first kappa shape index (κ1) is 30.5.